The molecule has 0 saturated heterocycles. The van der Waals surface area contributed by atoms with Crippen molar-refractivity contribution in [3.63, 3.8) is 0 Å². The monoisotopic (exact) mass is 276 g/mol. The fourth-order valence-electron chi connectivity index (χ4n) is 1.14. The summed E-state index contributed by atoms with van der Waals surface area (Å²) in [6.07, 6.45) is 1.62. The van der Waals surface area contributed by atoms with Crippen LogP contribution in [0.25, 0.3) is 0 Å². The third-order valence-corrected chi connectivity index (χ3v) is 2.71. The topological polar surface area (TPSA) is 114 Å². The zero-order valence-electron chi connectivity index (χ0n) is 10.4. The number of hydrogen-bond acceptors (Lipinski definition) is 6. The number of amides is 1. The molecule has 0 aliphatic heterocycles. The fraction of sp³-hybridized carbons (Fsp3) is 0.667. The number of nitrogens with one attached hydrogen (secondary N) is 2. The lowest BCUT2D eigenvalue weighted by Gasteiger charge is -2.09. The van der Waals surface area contributed by atoms with Gasteiger partial charge in [0, 0.05) is 6.42 Å². The van der Waals surface area contributed by atoms with Crippen LogP contribution < -0.4 is 10.0 Å². The van der Waals surface area contributed by atoms with Crippen molar-refractivity contribution < 1.29 is 17.7 Å². The second-order valence-corrected chi connectivity index (χ2v) is 5.62. The second-order valence-electron chi connectivity index (χ2n) is 3.78. The predicted octanol–water partition coefficient (Wildman–Crippen LogP) is -0.642. The summed E-state index contributed by atoms with van der Waals surface area (Å²) in [5, 5.41) is 6.24. The van der Waals surface area contributed by atoms with Gasteiger partial charge in [0.05, 0.1) is 12.8 Å². The van der Waals surface area contributed by atoms with Gasteiger partial charge >= 0.3 is 0 Å². The Balaban J connectivity index is 2.49. The van der Waals surface area contributed by atoms with Gasteiger partial charge in [-0.05, 0) is 6.92 Å². The number of nitrogens with zero attached hydrogens (tertiary/aromatic N) is 2. The van der Waals surface area contributed by atoms with E-state index in [-0.39, 0.29) is 6.54 Å². The molecular formula is C9H16N4O4S. The summed E-state index contributed by atoms with van der Waals surface area (Å²) < 4.78 is 28.6. The van der Waals surface area contributed by atoms with Crippen molar-refractivity contribution in [2.45, 2.75) is 26.3 Å². The average Bonchev–Trinajstić information content (AvgIpc) is 2.74. The molecule has 1 aromatic rings. The normalized spacial score (nSPS) is 13.3. The Hall–Kier alpha value is -1.48. The molecule has 8 nitrogen and oxygen atoms in total. The van der Waals surface area contributed by atoms with Crippen molar-refractivity contribution in [1.82, 2.24) is 20.2 Å². The zero-order chi connectivity index (χ0) is 13.8. The van der Waals surface area contributed by atoms with Crippen LogP contribution in [0.1, 0.15) is 31.6 Å². The third-order valence-electron chi connectivity index (χ3n) is 2.04. The summed E-state index contributed by atoms with van der Waals surface area (Å²) in [5.74, 6) is 0.379. The zero-order valence-corrected chi connectivity index (χ0v) is 11.2. The SMILES string of the molecule is CCc1noc(C(C)NC(=O)CNS(C)(=O)=O)n1. The van der Waals surface area contributed by atoms with Crippen molar-refractivity contribution in [3.05, 3.63) is 11.7 Å². The van der Waals surface area contributed by atoms with Gasteiger partial charge in [-0.3, -0.25) is 4.79 Å². The molecule has 1 atom stereocenters. The van der Waals surface area contributed by atoms with Crippen LogP contribution in [0.2, 0.25) is 0 Å². The van der Waals surface area contributed by atoms with Gasteiger partial charge in [-0.15, -0.1) is 0 Å². The minimum absolute atomic E-state index is 0.291. The smallest absolute Gasteiger partial charge is 0.248 e. The first-order valence-electron chi connectivity index (χ1n) is 5.38. The van der Waals surface area contributed by atoms with Gasteiger partial charge in [-0.2, -0.15) is 4.98 Å². The molecule has 0 aliphatic carbocycles. The van der Waals surface area contributed by atoms with Crippen LogP contribution in [0.15, 0.2) is 4.52 Å². The first-order chi connectivity index (χ1) is 8.31. The van der Waals surface area contributed by atoms with Crippen LogP contribution in [0.4, 0.5) is 0 Å². The van der Waals surface area contributed by atoms with Crippen molar-refractivity contribution in [3.8, 4) is 0 Å². The van der Waals surface area contributed by atoms with Gasteiger partial charge in [-0.1, -0.05) is 12.1 Å². The first-order valence-corrected chi connectivity index (χ1v) is 7.27. The highest BCUT2D eigenvalue weighted by molar-refractivity contribution is 7.88. The molecular weight excluding hydrogens is 260 g/mol. The Kier molecular flexibility index (Phi) is 4.79. The maximum absolute atomic E-state index is 11.4. The lowest BCUT2D eigenvalue weighted by Crippen LogP contribution is -2.37. The molecule has 0 aromatic carbocycles. The van der Waals surface area contributed by atoms with E-state index in [1.807, 2.05) is 6.92 Å². The molecule has 1 unspecified atom stereocenters. The van der Waals surface area contributed by atoms with Gasteiger partial charge in [0.25, 0.3) is 0 Å². The number of aromatic nitrogens is 2. The van der Waals surface area contributed by atoms with Gasteiger partial charge in [0.1, 0.15) is 6.04 Å². The van der Waals surface area contributed by atoms with E-state index in [4.69, 9.17) is 4.52 Å². The molecule has 18 heavy (non-hydrogen) atoms. The van der Waals surface area contributed by atoms with Crippen LogP contribution in [-0.2, 0) is 21.2 Å². The molecule has 1 rings (SSSR count). The van der Waals surface area contributed by atoms with E-state index in [0.29, 0.717) is 18.1 Å². The lowest BCUT2D eigenvalue weighted by molar-refractivity contribution is -0.120. The summed E-state index contributed by atoms with van der Waals surface area (Å²) in [7, 11) is -3.38. The number of sulfonamides is 1. The standard InChI is InChI=1S/C9H16N4O4S/c1-4-7-12-9(17-13-7)6(2)11-8(14)5-10-18(3,15)16/h6,10H,4-5H2,1-3H3,(H,11,14). The molecule has 1 amide bonds. The predicted molar refractivity (Wildman–Crippen MR) is 63.1 cm³/mol. The molecule has 1 heterocycles. The average molecular weight is 276 g/mol. The highest BCUT2D eigenvalue weighted by Crippen LogP contribution is 2.09. The van der Waals surface area contributed by atoms with E-state index in [2.05, 4.69) is 20.2 Å². The molecule has 0 bridgehead atoms. The van der Waals surface area contributed by atoms with Crippen LogP contribution in [-0.4, -0.2) is 37.3 Å². The summed E-state index contributed by atoms with van der Waals surface area (Å²) in [4.78, 5) is 15.5. The van der Waals surface area contributed by atoms with E-state index in [9.17, 15) is 13.2 Å². The van der Waals surface area contributed by atoms with E-state index < -0.39 is 22.0 Å². The third kappa shape index (κ3) is 4.80. The summed E-state index contributed by atoms with van der Waals surface area (Å²) in [6.45, 7) is 3.23. The van der Waals surface area contributed by atoms with Gasteiger partial charge in [0.15, 0.2) is 5.82 Å². The largest absolute Gasteiger partial charge is 0.343 e. The van der Waals surface area contributed by atoms with Crippen molar-refractivity contribution >= 4 is 15.9 Å². The highest BCUT2D eigenvalue weighted by atomic mass is 32.2. The number of hydrogen-bond donors (Lipinski definition) is 2. The molecule has 0 saturated carbocycles. The van der Waals surface area contributed by atoms with Crippen molar-refractivity contribution in [1.29, 1.82) is 0 Å². The maximum Gasteiger partial charge on any atom is 0.248 e. The molecule has 0 aliphatic rings. The van der Waals surface area contributed by atoms with Crippen LogP contribution in [0.3, 0.4) is 0 Å². The Bertz CT molecular complexity index is 510. The second kappa shape index (κ2) is 5.91. The quantitative estimate of drug-likeness (QED) is 0.714. The summed E-state index contributed by atoms with van der Waals surface area (Å²) >= 11 is 0. The van der Waals surface area contributed by atoms with Gasteiger partial charge in [-0.25, -0.2) is 13.1 Å². The molecule has 0 spiro atoms. The number of aryl methyl sites for hydroxylation is 1. The summed E-state index contributed by atoms with van der Waals surface area (Å²) in [6, 6.07) is -0.466. The molecule has 102 valence electrons. The fourth-order valence-corrected chi connectivity index (χ4v) is 1.53. The number of carbonyl (C=O) groups excluding carboxylic acids is 1. The minimum Gasteiger partial charge on any atom is -0.343 e. The molecule has 9 heteroatoms. The van der Waals surface area contributed by atoms with Crippen molar-refractivity contribution in [2.24, 2.45) is 0 Å². The molecule has 0 fully saturated rings. The van der Waals surface area contributed by atoms with E-state index in [1.165, 1.54) is 0 Å². The Morgan fingerprint density at radius 2 is 2.17 bits per heavy atom. The van der Waals surface area contributed by atoms with E-state index in [0.717, 1.165) is 6.26 Å². The highest BCUT2D eigenvalue weighted by Gasteiger charge is 2.16. The van der Waals surface area contributed by atoms with E-state index in [1.54, 1.807) is 6.92 Å². The minimum atomic E-state index is -3.38. The molecule has 2 N–H and O–H groups in total. The van der Waals surface area contributed by atoms with Crippen LogP contribution in [0, 0.1) is 0 Å². The molecule has 1 aromatic heterocycles. The first kappa shape index (κ1) is 14.6. The summed E-state index contributed by atoms with van der Waals surface area (Å²) in [5.41, 5.74) is 0. The van der Waals surface area contributed by atoms with Gasteiger partial charge in [0.2, 0.25) is 21.8 Å². The maximum atomic E-state index is 11.4. The van der Waals surface area contributed by atoms with E-state index >= 15 is 0 Å². The number of carbonyl (C=O) groups is 1. The van der Waals surface area contributed by atoms with Crippen LogP contribution >= 0.6 is 0 Å². The Labute approximate surface area is 105 Å². The Morgan fingerprint density at radius 1 is 1.50 bits per heavy atom. The molecule has 0 radical (unpaired) electrons. The lowest BCUT2D eigenvalue weighted by atomic mass is 10.3. The Morgan fingerprint density at radius 3 is 2.67 bits per heavy atom. The van der Waals surface area contributed by atoms with Crippen LogP contribution in [0.5, 0.6) is 0 Å². The van der Waals surface area contributed by atoms with Crippen molar-refractivity contribution in [2.75, 3.05) is 12.8 Å². The number of rotatable bonds is 6. The van der Waals surface area contributed by atoms with Gasteiger partial charge < -0.3 is 9.84 Å².